The molecule has 0 aliphatic carbocycles. The van der Waals surface area contributed by atoms with Crippen molar-refractivity contribution in [2.24, 2.45) is 0 Å². The van der Waals surface area contributed by atoms with Crippen molar-refractivity contribution in [3.8, 4) is 0 Å². The SMILES string of the molecule is CCCn1cc(C(=O)N2CCN(CC)[C@H](c3ncc[nH]3)C2)cn1. The number of carbonyl (C=O) groups is 1. The van der Waals surface area contributed by atoms with Gasteiger partial charge in [0, 0.05) is 44.8 Å². The lowest BCUT2D eigenvalue weighted by Crippen LogP contribution is -2.50. The summed E-state index contributed by atoms with van der Waals surface area (Å²) in [5.41, 5.74) is 0.668. The number of hydrogen-bond donors (Lipinski definition) is 1. The first-order chi connectivity index (χ1) is 11.2. The Bertz CT molecular complexity index is 635. The summed E-state index contributed by atoms with van der Waals surface area (Å²) in [4.78, 5) is 24.6. The molecule has 0 bridgehead atoms. The van der Waals surface area contributed by atoms with Crippen molar-refractivity contribution in [2.75, 3.05) is 26.2 Å². The number of hydrogen-bond acceptors (Lipinski definition) is 4. The Hall–Kier alpha value is -2.15. The first-order valence-corrected chi connectivity index (χ1v) is 8.28. The molecule has 1 fully saturated rings. The van der Waals surface area contributed by atoms with Crippen molar-refractivity contribution in [3.63, 3.8) is 0 Å². The molecule has 0 unspecified atom stereocenters. The minimum absolute atomic E-state index is 0.0552. The Morgan fingerprint density at radius 3 is 2.96 bits per heavy atom. The van der Waals surface area contributed by atoms with E-state index in [1.807, 2.05) is 22.0 Å². The molecule has 1 aliphatic heterocycles. The second-order valence-electron chi connectivity index (χ2n) is 5.86. The summed E-state index contributed by atoms with van der Waals surface area (Å²) in [6, 6.07) is 0.124. The van der Waals surface area contributed by atoms with Gasteiger partial charge in [-0.25, -0.2) is 4.98 Å². The highest BCUT2D eigenvalue weighted by molar-refractivity contribution is 5.93. The quantitative estimate of drug-likeness (QED) is 0.908. The number of aromatic amines is 1. The van der Waals surface area contributed by atoms with E-state index in [1.54, 1.807) is 12.4 Å². The molecule has 3 rings (SSSR count). The molecule has 7 nitrogen and oxygen atoms in total. The number of likely N-dealkylation sites (N-methyl/N-ethyl adjacent to an activating group) is 1. The molecule has 0 radical (unpaired) electrons. The molecule has 1 aliphatic rings. The van der Waals surface area contributed by atoms with Crippen molar-refractivity contribution in [2.45, 2.75) is 32.9 Å². The van der Waals surface area contributed by atoms with Gasteiger partial charge in [0.1, 0.15) is 5.82 Å². The normalized spacial score (nSPS) is 19.2. The Balaban J connectivity index is 1.73. The van der Waals surface area contributed by atoms with Crippen LogP contribution in [0.3, 0.4) is 0 Å². The number of rotatable bonds is 5. The van der Waals surface area contributed by atoms with Crippen LogP contribution in [0, 0.1) is 0 Å². The van der Waals surface area contributed by atoms with Gasteiger partial charge in [-0.1, -0.05) is 13.8 Å². The van der Waals surface area contributed by atoms with E-state index in [4.69, 9.17) is 0 Å². The zero-order valence-electron chi connectivity index (χ0n) is 13.8. The standard InChI is InChI=1S/C16H24N6O/c1-3-7-22-11-13(10-19-22)16(23)21-9-8-20(4-2)14(12-21)15-17-5-6-18-15/h5-6,10-11,14H,3-4,7-9,12H2,1-2H3,(H,17,18)/t14-/m0/s1. The van der Waals surface area contributed by atoms with E-state index in [1.165, 1.54) is 0 Å². The summed E-state index contributed by atoms with van der Waals surface area (Å²) in [7, 11) is 0. The maximum atomic E-state index is 12.8. The molecule has 1 N–H and O–H groups in total. The van der Waals surface area contributed by atoms with Gasteiger partial charge < -0.3 is 9.88 Å². The Morgan fingerprint density at radius 1 is 1.39 bits per heavy atom. The van der Waals surface area contributed by atoms with E-state index >= 15 is 0 Å². The number of H-pyrrole nitrogens is 1. The van der Waals surface area contributed by atoms with E-state index in [9.17, 15) is 4.79 Å². The first-order valence-electron chi connectivity index (χ1n) is 8.28. The number of piperazine rings is 1. The third kappa shape index (κ3) is 3.29. The number of carbonyl (C=O) groups excluding carboxylic acids is 1. The van der Waals surface area contributed by atoms with Gasteiger partial charge in [-0.15, -0.1) is 0 Å². The van der Waals surface area contributed by atoms with E-state index < -0.39 is 0 Å². The van der Waals surface area contributed by atoms with Crippen LogP contribution in [0.2, 0.25) is 0 Å². The Morgan fingerprint density at radius 2 is 2.26 bits per heavy atom. The van der Waals surface area contributed by atoms with Crippen molar-refractivity contribution < 1.29 is 4.79 Å². The predicted octanol–water partition coefficient (Wildman–Crippen LogP) is 1.54. The van der Waals surface area contributed by atoms with E-state index in [2.05, 4.69) is 33.8 Å². The van der Waals surface area contributed by atoms with Gasteiger partial charge in [0.25, 0.3) is 5.91 Å². The number of aromatic nitrogens is 4. The molecule has 1 amide bonds. The second-order valence-corrected chi connectivity index (χ2v) is 5.86. The number of nitrogens with one attached hydrogen (secondary N) is 1. The molecular formula is C16H24N6O. The Kier molecular flexibility index (Phi) is 4.76. The molecule has 1 saturated heterocycles. The number of nitrogens with zero attached hydrogens (tertiary/aromatic N) is 5. The lowest BCUT2D eigenvalue weighted by Gasteiger charge is -2.39. The van der Waals surface area contributed by atoms with Crippen LogP contribution >= 0.6 is 0 Å². The van der Waals surface area contributed by atoms with E-state index in [0.29, 0.717) is 12.1 Å². The van der Waals surface area contributed by atoms with Gasteiger partial charge in [0.15, 0.2) is 0 Å². The smallest absolute Gasteiger partial charge is 0.257 e. The van der Waals surface area contributed by atoms with Crippen LogP contribution in [-0.2, 0) is 6.54 Å². The zero-order chi connectivity index (χ0) is 16.2. The largest absolute Gasteiger partial charge is 0.347 e. The van der Waals surface area contributed by atoms with Crippen LogP contribution in [0.4, 0.5) is 0 Å². The van der Waals surface area contributed by atoms with Gasteiger partial charge in [0.05, 0.1) is 17.8 Å². The maximum absolute atomic E-state index is 12.8. The molecule has 0 saturated carbocycles. The van der Waals surface area contributed by atoms with Gasteiger partial charge in [0.2, 0.25) is 0 Å². The highest BCUT2D eigenvalue weighted by Gasteiger charge is 2.31. The fourth-order valence-corrected chi connectivity index (χ4v) is 3.11. The minimum Gasteiger partial charge on any atom is -0.347 e. The number of amides is 1. The Labute approximate surface area is 136 Å². The third-order valence-electron chi connectivity index (χ3n) is 4.35. The fourth-order valence-electron chi connectivity index (χ4n) is 3.11. The van der Waals surface area contributed by atoms with E-state index in [0.717, 1.165) is 38.4 Å². The monoisotopic (exact) mass is 316 g/mol. The topological polar surface area (TPSA) is 70.1 Å². The minimum atomic E-state index is 0.0552. The highest BCUT2D eigenvalue weighted by Crippen LogP contribution is 2.23. The van der Waals surface area contributed by atoms with Gasteiger partial charge >= 0.3 is 0 Å². The second kappa shape index (κ2) is 6.95. The van der Waals surface area contributed by atoms with Crippen molar-refractivity contribution in [1.29, 1.82) is 0 Å². The summed E-state index contributed by atoms with van der Waals surface area (Å²) < 4.78 is 1.83. The van der Waals surface area contributed by atoms with Crippen molar-refractivity contribution in [3.05, 3.63) is 36.2 Å². The predicted molar refractivity (Wildman–Crippen MR) is 87.0 cm³/mol. The van der Waals surface area contributed by atoms with E-state index in [-0.39, 0.29) is 11.9 Å². The average molecular weight is 316 g/mol. The molecule has 0 spiro atoms. The molecule has 2 aromatic rings. The average Bonchev–Trinajstić information content (AvgIpc) is 3.25. The van der Waals surface area contributed by atoms with Crippen LogP contribution in [0.15, 0.2) is 24.8 Å². The molecule has 7 heteroatoms. The van der Waals surface area contributed by atoms with Crippen molar-refractivity contribution >= 4 is 5.91 Å². The molecule has 2 aromatic heterocycles. The van der Waals surface area contributed by atoms with Crippen LogP contribution in [0.1, 0.15) is 42.5 Å². The lowest BCUT2D eigenvalue weighted by atomic mass is 10.1. The molecule has 124 valence electrons. The van der Waals surface area contributed by atoms with Crippen LogP contribution in [-0.4, -0.2) is 61.6 Å². The summed E-state index contributed by atoms with van der Waals surface area (Å²) in [6.45, 7) is 8.27. The summed E-state index contributed by atoms with van der Waals surface area (Å²) in [6.07, 6.45) is 8.12. The summed E-state index contributed by atoms with van der Waals surface area (Å²) in [5.74, 6) is 0.977. The molecule has 1 atom stereocenters. The molecular weight excluding hydrogens is 292 g/mol. The van der Waals surface area contributed by atoms with Crippen molar-refractivity contribution in [1.82, 2.24) is 29.5 Å². The highest BCUT2D eigenvalue weighted by atomic mass is 16.2. The van der Waals surface area contributed by atoms with Gasteiger partial charge in [-0.2, -0.15) is 5.10 Å². The number of imidazole rings is 1. The molecule has 0 aromatic carbocycles. The van der Waals surface area contributed by atoms with Crippen LogP contribution < -0.4 is 0 Å². The molecule has 3 heterocycles. The first kappa shape index (κ1) is 15.7. The van der Waals surface area contributed by atoms with Gasteiger partial charge in [-0.05, 0) is 13.0 Å². The maximum Gasteiger partial charge on any atom is 0.257 e. The molecule has 23 heavy (non-hydrogen) atoms. The number of aryl methyl sites for hydroxylation is 1. The summed E-state index contributed by atoms with van der Waals surface area (Å²) in [5, 5.41) is 4.26. The summed E-state index contributed by atoms with van der Waals surface area (Å²) >= 11 is 0. The zero-order valence-corrected chi connectivity index (χ0v) is 13.8. The van der Waals surface area contributed by atoms with Gasteiger partial charge in [-0.3, -0.25) is 14.4 Å². The third-order valence-corrected chi connectivity index (χ3v) is 4.35. The van der Waals surface area contributed by atoms with Crippen LogP contribution in [0.25, 0.3) is 0 Å². The lowest BCUT2D eigenvalue weighted by molar-refractivity contribution is 0.0480. The van der Waals surface area contributed by atoms with Crippen LogP contribution in [0.5, 0.6) is 0 Å². The fraction of sp³-hybridized carbons (Fsp3) is 0.562.